The molecule has 0 saturated heterocycles. The molecule has 46 heavy (non-hydrogen) atoms. The predicted octanol–water partition coefficient (Wildman–Crippen LogP) is 5.47. The summed E-state index contributed by atoms with van der Waals surface area (Å²) in [5, 5.41) is 3.42. The number of nitrogens with one attached hydrogen (secondary N) is 1. The second-order valence-electron chi connectivity index (χ2n) is 10.8. The number of anilines is 1. The molecule has 0 fully saturated rings. The molecule has 1 aliphatic heterocycles. The van der Waals surface area contributed by atoms with Crippen LogP contribution >= 0.6 is 11.6 Å². The normalized spacial score (nSPS) is 13.0. The van der Waals surface area contributed by atoms with Crippen LogP contribution in [-0.4, -0.2) is 57.5 Å². The lowest BCUT2D eigenvalue weighted by Crippen LogP contribution is -2.53. The average Bonchev–Trinajstić information content (AvgIpc) is 3.08. The first kappa shape index (κ1) is 32.8. The average molecular weight is 662 g/mol. The number of carbonyl (C=O) groups is 2. The van der Waals surface area contributed by atoms with Crippen molar-refractivity contribution in [1.82, 2.24) is 10.2 Å². The maximum absolute atomic E-state index is 14.5. The number of sulfonamides is 1. The van der Waals surface area contributed by atoms with Gasteiger partial charge in [0.1, 0.15) is 25.8 Å². The largest absolute Gasteiger partial charge is 0.486 e. The maximum Gasteiger partial charge on any atom is 0.264 e. The number of hydrogen-bond acceptors (Lipinski definition) is 6. The third-order valence-corrected chi connectivity index (χ3v) is 9.51. The van der Waals surface area contributed by atoms with Gasteiger partial charge in [-0.3, -0.25) is 13.9 Å². The van der Waals surface area contributed by atoms with Gasteiger partial charge in [0.05, 0.1) is 10.6 Å². The summed E-state index contributed by atoms with van der Waals surface area (Å²) >= 11 is 6.31. The molecule has 1 aliphatic rings. The van der Waals surface area contributed by atoms with E-state index in [2.05, 4.69) is 5.32 Å². The molecule has 0 bridgehead atoms. The Morgan fingerprint density at radius 3 is 2.22 bits per heavy atom. The maximum atomic E-state index is 14.5. The highest BCUT2D eigenvalue weighted by molar-refractivity contribution is 7.92. The van der Waals surface area contributed by atoms with Crippen molar-refractivity contribution in [1.29, 1.82) is 0 Å². The van der Waals surface area contributed by atoms with Gasteiger partial charge in [-0.25, -0.2) is 8.42 Å². The van der Waals surface area contributed by atoms with E-state index in [1.165, 1.54) is 17.0 Å². The molecule has 0 saturated carbocycles. The van der Waals surface area contributed by atoms with Crippen LogP contribution in [0.4, 0.5) is 5.69 Å². The minimum absolute atomic E-state index is 0.0144. The molecule has 0 unspecified atom stereocenters. The molecule has 1 atom stereocenters. The van der Waals surface area contributed by atoms with Crippen LogP contribution in [0.25, 0.3) is 0 Å². The highest BCUT2D eigenvalue weighted by Gasteiger charge is 2.35. The van der Waals surface area contributed by atoms with E-state index in [1.54, 1.807) is 54.6 Å². The summed E-state index contributed by atoms with van der Waals surface area (Å²) in [7, 11) is -4.24. The first-order valence-corrected chi connectivity index (χ1v) is 16.9. The SMILES string of the molecule is CCCNC(=O)[C@@H](Cc1ccccc1)N(Cc1cccc(Cl)c1)C(=O)CN(c1ccc2c(c1)OCCO2)S(=O)(=O)c1ccccc1. The van der Waals surface area contributed by atoms with Crippen molar-refractivity contribution in [3.63, 3.8) is 0 Å². The summed E-state index contributed by atoms with van der Waals surface area (Å²) in [5.41, 5.74) is 1.77. The lowest BCUT2D eigenvalue weighted by Gasteiger charge is -2.34. The van der Waals surface area contributed by atoms with Gasteiger partial charge in [-0.05, 0) is 53.9 Å². The van der Waals surface area contributed by atoms with E-state index in [1.807, 2.05) is 43.3 Å². The van der Waals surface area contributed by atoms with Crippen LogP contribution in [0.15, 0.2) is 108 Å². The minimum Gasteiger partial charge on any atom is -0.486 e. The van der Waals surface area contributed by atoms with Crippen molar-refractivity contribution in [2.75, 3.05) is 30.6 Å². The summed E-state index contributed by atoms with van der Waals surface area (Å²) in [4.78, 5) is 29.7. The van der Waals surface area contributed by atoms with E-state index < -0.39 is 28.5 Å². The zero-order valence-corrected chi connectivity index (χ0v) is 27.0. The number of rotatable bonds is 13. The fourth-order valence-corrected chi connectivity index (χ4v) is 6.83. The van der Waals surface area contributed by atoms with Crippen molar-refractivity contribution in [2.24, 2.45) is 0 Å². The van der Waals surface area contributed by atoms with Crippen LogP contribution < -0.4 is 19.1 Å². The van der Waals surface area contributed by atoms with E-state index in [0.717, 1.165) is 9.87 Å². The molecule has 240 valence electrons. The van der Waals surface area contributed by atoms with Crippen LogP contribution in [0.3, 0.4) is 0 Å². The van der Waals surface area contributed by atoms with Crippen LogP contribution in [0.5, 0.6) is 11.5 Å². The van der Waals surface area contributed by atoms with Gasteiger partial charge < -0.3 is 19.7 Å². The Balaban J connectivity index is 1.58. The van der Waals surface area contributed by atoms with Crippen LogP contribution in [0.1, 0.15) is 24.5 Å². The van der Waals surface area contributed by atoms with Crippen molar-refractivity contribution < 1.29 is 27.5 Å². The zero-order valence-electron chi connectivity index (χ0n) is 25.5. The summed E-state index contributed by atoms with van der Waals surface area (Å²) < 4.78 is 40.8. The minimum atomic E-state index is -4.24. The molecule has 0 aliphatic carbocycles. The molecule has 9 nitrogen and oxygen atoms in total. The van der Waals surface area contributed by atoms with Gasteiger partial charge in [-0.2, -0.15) is 0 Å². The van der Waals surface area contributed by atoms with Crippen molar-refractivity contribution in [3.8, 4) is 11.5 Å². The second-order valence-corrected chi connectivity index (χ2v) is 13.1. The zero-order chi connectivity index (χ0) is 32.5. The number of hydrogen-bond donors (Lipinski definition) is 1. The molecule has 4 aromatic carbocycles. The number of halogens is 1. The van der Waals surface area contributed by atoms with Crippen molar-refractivity contribution in [2.45, 2.75) is 37.2 Å². The van der Waals surface area contributed by atoms with Crippen molar-refractivity contribution in [3.05, 3.63) is 119 Å². The monoisotopic (exact) mass is 661 g/mol. The number of benzene rings is 4. The van der Waals surface area contributed by atoms with Crippen LogP contribution in [-0.2, 0) is 32.6 Å². The fourth-order valence-electron chi connectivity index (χ4n) is 5.19. The van der Waals surface area contributed by atoms with Gasteiger partial charge in [0, 0.05) is 30.6 Å². The first-order valence-electron chi connectivity index (χ1n) is 15.1. The van der Waals surface area contributed by atoms with Gasteiger partial charge in [0.15, 0.2) is 11.5 Å². The second kappa shape index (κ2) is 15.2. The highest BCUT2D eigenvalue weighted by Crippen LogP contribution is 2.36. The van der Waals surface area contributed by atoms with E-state index in [-0.39, 0.29) is 29.5 Å². The number of nitrogens with zero attached hydrogens (tertiary/aromatic N) is 2. The molecule has 2 amide bonds. The predicted molar refractivity (Wildman–Crippen MR) is 178 cm³/mol. The smallest absolute Gasteiger partial charge is 0.264 e. The first-order chi connectivity index (χ1) is 22.3. The molecule has 5 rings (SSSR count). The summed E-state index contributed by atoms with van der Waals surface area (Å²) in [6.07, 6.45) is 0.928. The summed E-state index contributed by atoms with van der Waals surface area (Å²) in [6.45, 7) is 2.50. The van der Waals surface area contributed by atoms with E-state index in [0.29, 0.717) is 48.3 Å². The summed E-state index contributed by atoms with van der Waals surface area (Å²) in [6, 6.07) is 28.2. The Kier molecular flexibility index (Phi) is 10.8. The molecule has 1 N–H and O–H groups in total. The molecular formula is C35H36ClN3O6S. The number of ether oxygens (including phenoxy) is 2. The number of carbonyl (C=O) groups excluding carboxylic acids is 2. The third kappa shape index (κ3) is 7.99. The number of amides is 2. The van der Waals surface area contributed by atoms with Crippen LogP contribution in [0, 0.1) is 0 Å². The highest BCUT2D eigenvalue weighted by atomic mass is 35.5. The Morgan fingerprint density at radius 2 is 1.52 bits per heavy atom. The Morgan fingerprint density at radius 1 is 0.848 bits per heavy atom. The Bertz CT molecular complexity index is 1750. The lowest BCUT2D eigenvalue weighted by molar-refractivity contribution is -0.140. The fraction of sp³-hybridized carbons (Fsp3) is 0.257. The molecule has 1 heterocycles. The molecule has 0 spiro atoms. The van der Waals surface area contributed by atoms with Gasteiger partial charge in [-0.15, -0.1) is 0 Å². The quantitative estimate of drug-likeness (QED) is 0.204. The van der Waals surface area contributed by atoms with Crippen molar-refractivity contribution >= 4 is 39.1 Å². The lowest BCUT2D eigenvalue weighted by atomic mass is 10.0. The number of fused-ring (bicyclic) bond motifs is 1. The van der Waals surface area contributed by atoms with E-state index in [9.17, 15) is 18.0 Å². The van der Waals surface area contributed by atoms with E-state index in [4.69, 9.17) is 21.1 Å². The third-order valence-electron chi connectivity index (χ3n) is 7.49. The van der Waals surface area contributed by atoms with Gasteiger partial charge in [-0.1, -0.05) is 79.2 Å². The molecule has 0 radical (unpaired) electrons. The molecule has 0 aromatic heterocycles. The van der Waals surface area contributed by atoms with Gasteiger partial charge in [0.2, 0.25) is 11.8 Å². The Labute approximate surface area is 274 Å². The molecule has 11 heteroatoms. The van der Waals surface area contributed by atoms with Gasteiger partial charge in [0.25, 0.3) is 10.0 Å². The van der Waals surface area contributed by atoms with Gasteiger partial charge >= 0.3 is 0 Å². The van der Waals surface area contributed by atoms with Crippen LogP contribution in [0.2, 0.25) is 5.02 Å². The van der Waals surface area contributed by atoms with E-state index >= 15 is 0 Å². The summed E-state index contributed by atoms with van der Waals surface area (Å²) in [5.74, 6) is -0.0440. The standard InChI is InChI=1S/C35H36ClN3O6S/c1-2-18-37-35(41)31(22-26-10-5-3-6-11-26)38(24-27-12-9-13-28(36)21-27)34(40)25-39(46(42,43)30-14-7-4-8-15-30)29-16-17-32-33(23-29)45-20-19-44-32/h3-17,21,23,31H,2,18-20,22,24-25H2,1H3,(H,37,41)/t31-/m1/s1. The molecule has 4 aromatic rings. The Hall–Kier alpha value is -4.54. The topological polar surface area (TPSA) is 105 Å². The molecular weight excluding hydrogens is 626 g/mol.